The first-order valence-corrected chi connectivity index (χ1v) is 8.51. The second-order valence-electron chi connectivity index (χ2n) is 6.59. The van der Waals surface area contributed by atoms with Gasteiger partial charge in [-0.05, 0) is 49.2 Å². The van der Waals surface area contributed by atoms with Crippen molar-refractivity contribution in [2.24, 2.45) is 0 Å². The number of hydrogen-bond donors (Lipinski definition) is 1. The number of carbonyl (C=O) groups is 1. The molecule has 1 aliphatic rings. The first-order chi connectivity index (χ1) is 12.7. The summed E-state index contributed by atoms with van der Waals surface area (Å²) in [6.07, 6.45) is 6.53. The minimum absolute atomic E-state index is 0.274. The summed E-state index contributed by atoms with van der Waals surface area (Å²) in [6, 6.07) is 10.2. The van der Waals surface area contributed by atoms with E-state index in [4.69, 9.17) is 0 Å². The van der Waals surface area contributed by atoms with Crippen molar-refractivity contribution in [2.45, 2.75) is 18.8 Å². The van der Waals surface area contributed by atoms with E-state index < -0.39 is 0 Å². The van der Waals surface area contributed by atoms with Crippen LogP contribution in [0.2, 0.25) is 0 Å². The van der Waals surface area contributed by atoms with Gasteiger partial charge in [-0.3, -0.25) is 14.3 Å². The fourth-order valence-corrected chi connectivity index (χ4v) is 3.37. The molecule has 0 atom stereocenters. The van der Waals surface area contributed by atoms with Gasteiger partial charge in [-0.2, -0.15) is 5.10 Å². The van der Waals surface area contributed by atoms with Gasteiger partial charge in [-0.15, -0.1) is 0 Å². The molecule has 1 aromatic carbocycles. The Morgan fingerprint density at radius 1 is 1.12 bits per heavy atom. The molecule has 0 saturated heterocycles. The minimum Gasteiger partial charge on any atom is -0.297 e. The van der Waals surface area contributed by atoms with Crippen LogP contribution in [0.4, 0.5) is 4.39 Å². The van der Waals surface area contributed by atoms with Gasteiger partial charge in [0.2, 0.25) is 0 Å². The van der Waals surface area contributed by atoms with Crippen molar-refractivity contribution < 1.29 is 9.18 Å². The second kappa shape index (κ2) is 5.62. The van der Waals surface area contributed by atoms with Crippen molar-refractivity contribution in [3.63, 3.8) is 0 Å². The maximum absolute atomic E-state index is 13.3. The summed E-state index contributed by atoms with van der Waals surface area (Å²) < 4.78 is 15.1. The first-order valence-electron chi connectivity index (χ1n) is 8.51. The molecule has 1 N–H and O–H groups in total. The molecular formula is C20H15FN4O. The van der Waals surface area contributed by atoms with Crippen LogP contribution in [0.3, 0.4) is 0 Å². The largest absolute Gasteiger partial charge is 0.297 e. The molecule has 0 unspecified atom stereocenters. The molecule has 1 aliphatic carbocycles. The van der Waals surface area contributed by atoms with Crippen LogP contribution in [-0.4, -0.2) is 25.9 Å². The van der Waals surface area contributed by atoms with Crippen LogP contribution in [0.15, 0.2) is 48.8 Å². The number of aldehydes is 1. The lowest BCUT2D eigenvalue weighted by atomic mass is 9.98. The zero-order valence-electron chi connectivity index (χ0n) is 13.8. The summed E-state index contributed by atoms with van der Waals surface area (Å²) in [5.74, 6) is 0.194. The van der Waals surface area contributed by atoms with Crippen LogP contribution >= 0.6 is 0 Å². The van der Waals surface area contributed by atoms with Crippen molar-refractivity contribution >= 4 is 11.9 Å². The van der Waals surface area contributed by atoms with Crippen LogP contribution in [0.5, 0.6) is 0 Å². The molecule has 3 heterocycles. The molecule has 3 aromatic heterocycles. The van der Waals surface area contributed by atoms with E-state index in [1.807, 2.05) is 18.3 Å². The lowest BCUT2D eigenvalue weighted by Crippen LogP contribution is -1.94. The number of fused-ring (bicyclic) bond motifs is 1. The van der Waals surface area contributed by atoms with Crippen LogP contribution < -0.4 is 0 Å². The number of H-pyrrole nitrogens is 1. The monoisotopic (exact) mass is 346 g/mol. The Kier molecular flexibility index (Phi) is 3.25. The van der Waals surface area contributed by atoms with E-state index in [0.717, 1.165) is 52.9 Å². The molecule has 1 saturated carbocycles. The van der Waals surface area contributed by atoms with Crippen LogP contribution in [0.25, 0.3) is 28.0 Å². The molecule has 0 aliphatic heterocycles. The van der Waals surface area contributed by atoms with Crippen molar-refractivity contribution in [1.82, 2.24) is 19.6 Å². The van der Waals surface area contributed by atoms with Crippen LogP contribution in [-0.2, 0) is 0 Å². The van der Waals surface area contributed by atoms with Crippen molar-refractivity contribution in [2.75, 3.05) is 0 Å². The van der Waals surface area contributed by atoms with E-state index in [0.29, 0.717) is 11.6 Å². The Hall–Kier alpha value is -3.28. The molecule has 1 fully saturated rings. The Morgan fingerprint density at radius 2 is 1.88 bits per heavy atom. The standard InChI is InChI=1S/C20H15FN4O/c21-15-6-3-13(4-7-15)20-18(19(23-24-20)12-1-2-12)14-5-8-17-22-9-16(11-26)25(17)10-14/h3-12H,1-2H2,(H,23,24). The van der Waals surface area contributed by atoms with Gasteiger partial charge in [0.05, 0.1) is 6.20 Å². The van der Waals surface area contributed by atoms with Gasteiger partial charge >= 0.3 is 0 Å². The molecule has 0 amide bonds. The highest BCUT2D eigenvalue weighted by Gasteiger charge is 2.30. The zero-order valence-corrected chi connectivity index (χ0v) is 13.8. The minimum atomic E-state index is -0.274. The molecule has 0 bridgehead atoms. The van der Waals surface area contributed by atoms with Gasteiger partial charge in [0, 0.05) is 34.5 Å². The fraction of sp³-hybridized carbons (Fsp3) is 0.150. The lowest BCUT2D eigenvalue weighted by Gasteiger charge is -2.08. The number of aromatic amines is 1. The average molecular weight is 346 g/mol. The van der Waals surface area contributed by atoms with E-state index >= 15 is 0 Å². The SMILES string of the molecule is O=Cc1cnc2ccc(-c3c(-c4ccc(F)cc4)n[nH]c3C3CC3)cn12. The average Bonchev–Trinajstić information content (AvgIpc) is 3.28. The van der Waals surface area contributed by atoms with Gasteiger partial charge in [-0.1, -0.05) is 0 Å². The Balaban J connectivity index is 1.73. The molecular weight excluding hydrogens is 331 g/mol. The highest BCUT2D eigenvalue weighted by Crippen LogP contribution is 2.46. The molecule has 5 nitrogen and oxygen atoms in total. The van der Waals surface area contributed by atoms with Gasteiger partial charge in [0.1, 0.15) is 22.9 Å². The molecule has 4 aromatic rings. The van der Waals surface area contributed by atoms with Gasteiger partial charge < -0.3 is 0 Å². The Bertz CT molecular complexity index is 1120. The molecule has 0 radical (unpaired) electrons. The highest BCUT2D eigenvalue weighted by atomic mass is 19.1. The van der Waals surface area contributed by atoms with Crippen molar-refractivity contribution in [3.05, 3.63) is 66.0 Å². The topological polar surface area (TPSA) is 63.0 Å². The summed E-state index contributed by atoms with van der Waals surface area (Å²) in [5.41, 5.74) is 5.92. The zero-order chi connectivity index (χ0) is 17.7. The normalized spacial score (nSPS) is 14.0. The number of pyridine rings is 1. The van der Waals surface area contributed by atoms with Crippen LogP contribution in [0.1, 0.15) is 34.9 Å². The van der Waals surface area contributed by atoms with Crippen LogP contribution in [0, 0.1) is 5.82 Å². The fourth-order valence-electron chi connectivity index (χ4n) is 3.37. The quantitative estimate of drug-likeness (QED) is 0.563. The smallest absolute Gasteiger partial charge is 0.168 e. The summed E-state index contributed by atoms with van der Waals surface area (Å²) >= 11 is 0. The number of imidazole rings is 1. The van der Waals surface area contributed by atoms with E-state index in [9.17, 15) is 9.18 Å². The maximum atomic E-state index is 13.3. The maximum Gasteiger partial charge on any atom is 0.168 e. The highest BCUT2D eigenvalue weighted by molar-refractivity contribution is 5.84. The third-order valence-corrected chi connectivity index (χ3v) is 4.84. The lowest BCUT2D eigenvalue weighted by molar-refractivity contribution is 0.111. The summed E-state index contributed by atoms with van der Waals surface area (Å²) in [4.78, 5) is 15.5. The number of carbonyl (C=O) groups excluding carboxylic acids is 1. The van der Waals surface area contributed by atoms with E-state index in [2.05, 4.69) is 15.2 Å². The number of rotatable bonds is 4. The number of hydrogen-bond acceptors (Lipinski definition) is 3. The number of aromatic nitrogens is 4. The first kappa shape index (κ1) is 15.0. The molecule has 5 rings (SSSR count). The van der Waals surface area contributed by atoms with E-state index in [1.165, 1.54) is 12.1 Å². The van der Waals surface area contributed by atoms with Gasteiger partial charge in [0.15, 0.2) is 6.29 Å². The van der Waals surface area contributed by atoms with Crippen molar-refractivity contribution in [1.29, 1.82) is 0 Å². The summed E-state index contributed by atoms with van der Waals surface area (Å²) in [7, 11) is 0. The van der Waals surface area contributed by atoms with Gasteiger partial charge in [0.25, 0.3) is 0 Å². The molecule has 26 heavy (non-hydrogen) atoms. The Labute approximate surface area is 148 Å². The molecule has 6 heteroatoms. The van der Waals surface area contributed by atoms with Gasteiger partial charge in [-0.25, -0.2) is 9.37 Å². The number of nitrogens with one attached hydrogen (secondary N) is 1. The van der Waals surface area contributed by atoms with E-state index in [-0.39, 0.29) is 5.82 Å². The number of halogens is 1. The van der Waals surface area contributed by atoms with Crippen molar-refractivity contribution in [3.8, 4) is 22.4 Å². The summed E-state index contributed by atoms with van der Waals surface area (Å²) in [5, 5.41) is 7.70. The molecule has 0 spiro atoms. The predicted octanol–water partition coefficient (Wildman–Crippen LogP) is 4.22. The Morgan fingerprint density at radius 3 is 2.62 bits per heavy atom. The third kappa shape index (κ3) is 2.34. The molecule has 128 valence electrons. The number of nitrogens with zero attached hydrogens (tertiary/aromatic N) is 3. The third-order valence-electron chi connectivity index (χ3n) is 4.84. The summed E-state index contributed by atoms with van der Waals surface area (Å²) in [6.45, 7) is 0. The van der Waals surface area contributed by atoms with E-state index in [1.54, 1.807) is 22.7 Å². The second-order valence-corrected chi connectivity index (χ2v) is 6.59. The number of benzene rings is 1. The predicted molar refractivity (Wildman–Crippen MR) is 95.5 cm³/mol.